The molecular weight excluding hydrogens is 295 g/mol. The van der Waals surface area contributed by atoms with E-state index in [1.807, 2.05) is 30.3 Å². The first-order valence-corrected chi connectivity index (χ1v) is 7.57. The Morgan fingerprint density at radius 2 is 2.09 bits per heavy atom. The average Bonchev–Trinajstić information content (AvgIpc) is 3.04. The van der Waals surface area contributed by atoms with Gasteiger partial charge in [-0.1, -0.05) is 17.3 Å². The quantitative estimate of drug-likeness (QED) is 0.891. The average molecular weight is 314 g/mol. The first kappa shape index (κ1) is 15.5. The molecule has 0 amide bonds. The Morgan fingerprint density at radius 1 is 1.26 bits per heavy atom. The second-order valence-electron chi connectivity index (χ2n) is 5.46. The van der Waals surface area contributed by atoms with Gasteiger partial charge < -0.3 is 14.9 Å². The van der Waals surface area contributed by atoms with E-state index in [1.54, 1.807) is 13.2 Å². The molecule has 1 N–H and O–H groups in total. The van der Waals surface area contributed by atoms with Crippen LogP contribution >= 0.6 is 0 Å². The van der Waals surface area contributed by atoms with Crippen LogP contribution in [0.15, 0.2) is 53.7 Å². The summed E-state index contributed by atoms with van der Waals surface area (Å²) in [6.45, 7) is 1.27. The van der Waals surface area contributed by atoms with Crippen molar-refractivity contribution >= 4 is 5.71 Å². The van der Waals surface area contributed by atoms with Gasteiger partial charge in [-0.15, -0.1) is 0 Å². The minimum atomic E-state index is -0.216. The lowest BCUT2D eigenvalue weighted by Crippen LogP contribution is -2.26. The van der Waals surface area contributed by atoms with Crippen molar-refractivity contribution in [2.24, 2.45) is 5.16 Å². The maximum absolute atomic E-state index is 13.1. The Bertz CT molecular complexity index is 686. The van der Waals surface area contributed by atoms with E-state index in [0.29, 0.717) is 13.1 Å². The molecule has 3 rings (SSSR count). The van der Waals surface area contributed by atoms with E-state index in [-0.39, 0.29) is 11.9 Å². The van der Waals surface area contributed by atoms with Crippen molar-refractivity contribution in [3.63, 3.8) is 0 Å². The van der Waals surface area contributed by atoms with Crippen molar-refractivity contribution in [1.29, 1.82) is 0 Å². The second kappa shape index (κ2) is 7.24. The molecular formula is C18H19FN2O2. The molecule has 1 aliphatic rings. The predicted molar refractivity (Wildman–Crippen MR) is 87.1 cm³/mol. The number of oxime groups is 1. The first-order chi connectivity index (χ1) is 11.2. The van der Waals surface area contributed by atoms with Gasteiger partial charge in [0.15, 0.2) is 0 Å². The van der Waals surface area contributed by atoms with Crippen molar-refractivity contribution < 1.29 is 14.0 Å². The minimum absolute atomic E-state index is 0.000612. The number of hydrogen-bond donors (Lipinski definition) is 1. The Labute approximate surface area is 134 Å². The molecule has 0 unspecified atom stereocenters. The van der Waals surface area contributed by atoms with Gasteiger partial charge in [0.05, 0.1) is 12.8 Å². The van der Waals surface area contributed by atoms with Crippen LogP contribution in [-0.2, 0) is 11.4 Å². The van der Waals surface area contributed by atoms with Gasteiger partial charge in [0.2, 0.25) is 0 Å². The third-order valence-electron chi connectivity index (χ3n) is 3.75. The van der Waals surface area contributed by atoms with Crippen molar-refractivity contribution in [1.82, 2.24) is 5.32 Å². The number of halogens is 1. The molecule has 0 bridgehead atoms. The van der Waals surface area contributed by atoms with E-state index < -0.39 is 0 Å². The van der Waals surface area contributed by atoms with Crippen LogP contribution in [0.1, 0.15) is 17.5 Å². The van der Waals surface area contributed by atoms with Gasteiger partial charge in [-0.3, -0.25) is 0 Å². The van der Waals surface area contributed by atoms with E-state index in [1.165, 1.54) is 12.1 Å². The molecule has 120 valence electrons. The summed E-state index contributed by atoms with van der Waals surface area (Å²) in [5.41, 5.74) is 2.89. The number of hydrogen-bond acceptors (Lipinski definition) is 4. The Morgan fingerprint density at radius 3 is 2.83 bits per heavy atom. The van der Waals surface area contributed by atoms with Crippen LogP contribution in [0.4, 0.5) is 4.39 Å². The van der Waals surface area contributed by atoms with E-state index in [9.17, 15) is 4.39 Å². The highest BCUT2D eigenvalue weighted by molar-refractivity contribution is 6.01. The first-order valence-electron chi connectivity index (χ1n) is 7.57. The number of methoxy groups -OCH3 is 1. The Kier molecular flexibility index (Phi) is 4.88. The van der Waals surface area contributed by atoms with Crippen LogP contribution in [0.25, 0.3) is 0 Å². The summed E-state index contributed by atoms with van der Waals surface area (Å²) in [6.07, 6.45) is 0.753. The smallest absolute Gasteiger partial charge is 0.145 e. The number of benzene rings is 2. The molecule has 1 atom stereocenters. The molecule has 0 spiro atoms. The fourth-order valence-corrected chi connectivity index (χ4v) is 2.52. The van der Waals surface area contributed by atoms with Gasteiger partial charge in [-0.25, -0.2) is 4.39 Å². The van der Waals surface area contributed by atoms with Crippen LogP contribution in [0.2, 0.25) is 0 Å². The molecule has 23 heavy (non-hydrogen) atoms. The number of ether oxygens (including phenoxy) is 1. The SMILES string of the molecule is COc1ccc(C2=NO[C@@H](CNCc3cccc(F)c3)C2)cc1. The zero-order chi connectivity index (χ0) is 16.1. The van der Waals surface area contributed by atoms with E-state index >= 15 is 0 Å². The van der Waals surface area contributed by atoms with Gasteiger partial charge in [-0.2, -0.15) is 0 Å². The summed E-state index contributed by atoms with van der Waals surface area (Å²) < 4.78 is 18.3. The highest BCUT2D eigenvalue weighted by atomic mass is 19.1. The number of nitrogens with one attached hydrogen (secondary N) is 1. The topological polar surface area (TPSA) is 42.9 Å². The lowest BCUT2D eigenvalue weighted by Gasteiger charge is -2.10. The Balaban J connectivity index is 1.47. The largest absolute Gasteiger partial charge is 0.497 e. The fraction of sp³-hybridized carbons (Fsp3) is 0.278. The molecule has 1 heterocycles. The summed E-state index contributed by atoms with van der Waals surface area (Å²) >= 11 is 0. The van der Waals surface area contributed by atoms with Crippen LogP contribution in [0.3, 0.4) is 0 Å². The highest BCUT2D eigenvalue weighted by Gasteiger charge is 2.21. The lowest BCUT2D eigenvalue weighted by atomic mass is 10.0. The highest BCUT2D eigenvalue weighted by Crippen LogP contribution is 2.19. The van der Waals surface area contributed by atoms with Crippen molar-refractivity contribution in [3.05, 3.63) is 65.5 Å². The summed E-state index contributed by atoms with van der Waals surface area (Å²) in [5.74, 6) is 0.605. The van der Waals surface area contributed by atoms with Gasteiger partial charge in [0.25, 0.3) is 0 Å². The van der Waals surface area contributed by atoms with Crippen LogP contribution < -0.4 is 10.1 Å². The molecule has 5 heteroatoms. The van der Waals surface area contributed by atoms with Crippen molar-refractivity contribution in [3.8, 4) is 5.75 Å². The predicted octanol–water partition coefficient (Wildman–Crippen LogP) is 3.12. The minimum Gasteiger partial charge on any atom is -0.497 e. The van der Waals surface area contributed by atoms with Gasteiger partial charge in [0, 0.05) is 19.5 Å². The monoisotopic (exact) mass is 314 g/mol. The summed E-state index contributed by atoms with van der Waals surface area (Å²) in [7, 11) is 1.64. The van der Waals surface area contributed by atoms with Crippen molar-refractivity contribution in [2.75, 3.05) is 13.7 Å². The van der Waals surface area contributed by atoms with E-state index in [4.69, 9.17) is 9.57 Å². The molecule has 0 radical (unpaired) electrons. The molecule has 0 fully saturated rings. The van der Waals surface area contributed by atoms with Crippen LogP contribution in [-0.4, -0.2) is 25.5 Å². The van der Waals surface area contributed by atoms with E-state index in [2.05, 4.69) is 10.5 Å². The van der Waals surface area contributed by atoms with Gasteiger partial charge in [0.1, 0.15) is 17.7 Å². The van der Waals surface area contributed by atoms with Crippen molar-refractivity contribution in [2.45, 2.75) is 19.1 Å². The maximum atomic E-state index is 13.1. The molecule has 2 aromatic carbocycles. The standard InChI is InChI=1S/C18H19FN2O2/c1-22-16-7-5-14(6-8-16)18-10-17(23-21-18)12-20-11-13-3-2-4-15(19)9-13/h2-9,17,20H,10-12H2,1H3/t17-/m1/s1. The normalized spacial score (nSPS) is 16.8. The van der Waals surface area contributed by atoms with E-state index in [0.717, 1.165) is 29.0 Å². The lowest BCUT2D eigenvalue weighted by molar-refractivity contribution is 0.0848. The summed E-state index contributed by atoms with van der Waals surface area (Å²) in [6, 6.07) is 14.3. The summed E-state index contributed by atoms with van der Waals surface area (Å²) in [4.78, 5) is 5.46. The Hall–Kier alpha value is -2.40. The molecule has 0 saturated heterocycles. The molecule has 0 aliphatic carbocycles. The molecule has 4 nitrogen and oxygen atoms in total. The maximum Gasteiger partial charge on any atom is 0.145 e. The van der Waals surface area contributed by atoms with Crippen LogP contribution in [0, 0.1) is 5.82 Å². The zero-order valence-electron chi connectivity index (χ0n) is 13.0. The second-order valence-corrected chi connectivity index (χ2v) is 5.46. The number of rotatable bonds is 6. The number of nitrogens with zero attached hydrogens (tertiary/aromatic N) is 1. The van der Waals surface area contributed by atoms with Crippen LogP contribution in [0.5, 0.6) is 5.75 Å². The zero-order valence-corrected chi connectivity index (χ0v) is 13.0. The third kappa shape index (κ3) is 4.07. The van der Waals surface area contributed by atoms with Gasteiger partial charge >= 0.3 is 0 Å². The molecule has 2 aromatic rings. The third-order valence-corrected chi connectivity index (χ3v) is 3.75. The molecule has 0 aromatic heterocycles. The van der Waals surface area contributed by atoms with Gasteiger partial charge in [-0.05, 0) is 47.5 Å². The fourth-order valence-electron chi connectivity index (χ4n) is 2.52. The summed E-state index contributed by atoms with van der Waals surface area (Å²) in [5, 5.41) is 7.43. The molecule has 0 saturated carbocycles. The molecule has 1 aliphatic heterocycles.